The van der Waals surface area contributed by atoms with E-state index < -0.39 is 0 Å². The second-order valence-corrected chi connectivity index (χ2v) is 4.35. The second kappa shape index (κ2) is 6.20. The Morgan fingerprint density at radius 1 is 1.81 bits per heavy atom. The summed E-state index contributed by atoms with van der Waals surface area (Å²) in [5, 5.41) is 13.8. The molecule has 0 saturated heterocycles. The third kappa shape index (κ3) is 3.61. The van der Waals surface area contributed by atoms with Crippen LogP contribution in [0.1, 0.15) is 22.4 Å². The summed E-state index contributed by atoms with van der Waals surface area (Å²) in [5.74, 6) is -0.423. The quantitative estimate of drug-likeness (QED) is 0.783. The number of carbonyl (C=O) groups excluding carboxylic acids is 1. The zero-order chi connectivity index (χ0) is 12.0. The molecule has 1 atom stereocenters. The molecule has 1 rings (SSSR count). The van der Waals surface area contributed by atoms with Crippen molar-refractivity contribution in [3.05, 3.63) is 16.1 Å². The highest BCUT2D eigenvalue weighted by atomic mass is 32.1. The fourth-order valence-electron chi connectivity index (χ4n) is 1.04. The molecule has 0 aromatic carbocycles. The molecule has 0 aliphatic heterocycles. The zero-order valence-corrected chi connectivity index (χ0v) is 9.88. The van der Waals surface area contributed by atoms with Gasteiger partial charge in [0, 0.05) is 18.3 Å². The summed E-state index contributed by atoms with van der Waals surface area (Å²) in [6, 6.07) is 2.05. The molecule has 16 heavy (non-hydrogen) atoms. The lowest BCUT2D eigenvalue weighted by Crippen LogP contribution is -2.28. The molecule has 5 nitrogen and oxygen atoms in total. The minimum atomic E-state index is -0.235. The Morgan fingerprint density at radius 3 is 3.19 bits per heavy atom. The van der Waals surface area contributed by atoms with Gasteiger partial charge in [-0.05, 0) is 13.5 Å². The topological polar surface area (TPSA) is 91.8 Å². The van der Waals surface area contributed by atoms with Gasteiger partial charge >= 0.3 is 0 Å². The summed E-state index contributed by atoms with van der Waals surface area (Å²) in [7, 11) is 0. The van der Waals surface area contributed by atoms with Gasteiger partial charge < -0.3 is 11.1 Å². The van der Waals surface area contributed by atoms with E-state index in [2.05, 4.69) is 10.3 Å². The van der Waals surface area contributed by atoms with E-state index >= 15 is 0 Å². The molecule has 1 amide bonds. The highest BCUT2D eigenvalue weighted by Gasteiger charge is 2.11. The molecular weight excluding hydrogens is 224 g/mol. The van der Waals surface area contributed by atoms with Gasteiger partial charge in [-0.1, -0.05) is 0 Å². The van der Waals surface area contributed by atoms with Crippen molar-refractivity contribution in [2.24, 2.45) is 11.7 Å². The van der Waals surface area contributed by atoms with Crippen molar-refractivity contribution in [2.75, 3.05) is 13.1 Å². The van der Waals surface area contributed by atoms with Crippen molar-refractivity contribution in [1.29, 1.82) is 5.26 Å². The van der Waals surface area contributed by atoms with Crippen LogP contribution in [0.2, 0.25) is 0 Å². The highest BCUT2D eigenvalue weighted by Crippen LogP contribution is 2.09. The molecule has 0 bridgehead atoms. The Labute approximate surface area is 98.3 Å². The van der Waals surface area contributed by atoms with Crippen LogP contribution in [-0.2, 0) is 6.42 Å². The number of rotatable bonds is 5. The van der Waals surface area contributed by atoms with Gasteiger partial charge in [0.25, 0.3) is 5.91 Å². The van der Waals surface area contributed by atoms with E-state index in [1.54, 1.807) is 12.3 Å². The highest BCUT2D eigenvalue weighted by molar-refractivity contribution is 7.09. The SMILES string of the molecule is CC(C#N)CNC(=O)c1csc(CCN)n1. The Hall–Kier alpha value is -1.45. The average Bonchev–Trinajstić information content (AvgIpc) is 2.74. The molecule has 0 fully saturated rings. The van der Waals surface area contributed by atoms with Crippen molar-refractivity contribution in [2.45, 2.75) is 13.3 Å². The molecule has 0 saturated carbocycles. The lowest BCUT2D eigenvalue weighted by atomic mass is 10.2. The van der Waals surface area contributed by atoms with Crippen molar-refractivity contribution >= 4 is 17.2 Å². The van der Waals surface area contributed by atoms with Crippen LogP contribution in [0.5, 0.6) is 0 Å². The molecule has 0 radical (unpaired) electrons. The van der Waals surface area contributed by atoms with Crippen LogP contribution >= 0.6 is 11.3 Å². The number of aromatic nitrogens is 1. The number of nitrogens with one attached hydrogen (secondary N) is 1. The number of nitrogens with two attached hydrogens (primary N) is 1. The van der Waals surface area contributed by atoms with E-state index in [9.17, 15) is 4.79 Å². The van der Waals surface area contributed by atoms with Crippen molar-refractivity contribution in [3.63, 3.8) is 0 Å². The van der Waals surface area contributed by atoms with E-state index in [1.165, 1.54) is 11.3 Å². The third-order valence-corrected chi connectivity index (χ3v) is 2.84. The first-order valence-electron chi connectivity index (χ1n) is 4.99. The molecule has 0 aliphatic carbocycles. The maximum Gasteiger partial charge on any atom is 0.270 e. The molecular formula is C10H14N4OS. The van der Waals surface area contributed by atoms with E-state index in [1.807, 2.05) is 6.07 Å². The number of nitrogens with zero attached hydrogens (tertiary/aromatic N) is 2. The predicted octanol–water partition coefficient (Wildman–Crippen LogP) is 0.534. The molecule has 3 N–H and O–H groups in total. The van der Waals surface area contributed by atoms with E-state index in [0.29, 0.717) is 25.2 Å². The van der Waals surface area contributed by atoms with Gasteiger partial charge in [-0.3, -0.25) is 4.79 Å². The van der Waals surface area contributed by atoms with Crippen LogP contribution in [0, 0.1) is 17.2 Å². The molecule has 1 aromatic heterocycles. The smallest absolute Gasteiger partial charge is 0.270 e. The minimum Gasteiger partial charge on any atom is -0.349 e. The van der Waals surface area contributed by atoms with Gasteiger partial charge in [0.1, 0.15) is 5.69 Å². The fourth-order valence-corrected chi connectivity index (χ4v) is 1.83. The maximum absolute atomic E-state index is 11.6. The fraction of sp³-hybridized carbons (Fsp3) is 0.500. The third-order valence-electron chi connectivity index (χ3n) is 1.93. The number of amides is 1. The molecule has 1 unspecified atom stereocenters. The monoisotopic (exact) mass is 238 g/mol. The van der Waals surface area contributed by atoms with Gasteiger partial charge in [-0.25, -0.2) is 4.98 Å². The van der Waals surface area contributed by atoms with Crippen LogP contribution < -0.4 is 11.1 Å². The Balaban J connectivity index is 2.50. The lowest BCUT2D eigenvalue weighted by Gasteiger charge is -2.03. The largest absolute Gasteiger partial charge is 0.349 e. The van der Waals surface area contributed by atoms with Gasteiger partial charge in [0.15, 0.2) is 0 Å². The van der Waals surface area contributed by atoms with Crippen LogP contribution in [0.25, 0.3) is 0 Å². The molecule has 6 heteroatoms. The summed E-state index contributed by atoms with van der Waals surface area (Å²) in [6.45, 7) is 2.63. The first-order valence-corrected chi connectivity index (χ1v) is 5.87. The van der Waals surface area contributed by atoms with Crippen molar-refractivity contribution < 1.29 is 4.79 Å². The maximum atomic E-state index is 11.6. The summed E-state index contributed by atoms with van der Waals surface area (Å²) in [6.07, 6.45) is 0.687. The summed E-state index contributed by atoms with van der Waals surface area (Å²) in [4.78, 5) is 15.7. The Morgan fingerprint density at radius 2 is 2.56 bits per heavy atom. The predicted molar refractivity (Wildman–Crippen MR) is 62.0 cm³/mol. The van der Waals surface area contributed by atoms with Gasteiger partial charge in [-0.15, -0.1) is 11.3 Å². The summed E-state index contributed by atoms with van der Waals surface area (Å²) >= 11 is 1.43. The van der Waals surface area contributed by atoms with E-state index in [4.69, 9.17) is 11.0 Å². The minimum absolute atomic E-state index is 0.189. The van der Waals surface area contributed by atoms with Crippen LogP contribution in [0.3, 0.4) is 0 Å². The van der Waals surface area contributed by atoms with Crippen molar-refractivity contribution in [1.82, 2.24) is 10.3 Å². The molecule has 1 heterocycles. The standard InChI is InChI=1S/C10H14N4OS/c1-7(4-12)5-13-10(15)8-6-16-9(14-8)2-3-11/h6-7H,2-3,5,11H2,1H3,(H,13,15). The molecule has 86 valence electrons. The summed E-state index contributed by atoms with van der Waals surface area (Å²) in [5.41, 5.74) is 5.79. The Bertz CT molecular complexity index is 396. The van der Waals surface area contributed by atoms with Crippen molar-refractivity contribution in [3.8, 4) is 6.07 Å². The lowest BCUT2D eigenvalue weighted by molar-refractivity contribution is 0.0946. The zero-order valence-electron chi connectivity index (χ0n) is 9.06. The first-order chi connectivity index (χ1) is 7.67. The van der Waals surface area contributed by atoms with E-state index in [0.717, 1.165) is 5.01 Å². The first kappa shape index (κ1) is 12.6. The Kier molecular flexibility index (Phi) is 4.89. The number of carbonyl (C=O) groups is 1. The number of thiazole rings is 1. The molecule has 0 spiro atoms. The van der Waals surface area contributed by atoms with Gasteiger partial charge in [0.2, 0.25) is 0 Å². The average molecular weight is 238 g/mol. The molecule has 1 aromatic rings. The van der Waals surface area contributed by atoms with Crippen LogP contribution in [-0.4, -0.2) is 24.0 Å². The molecule has 0 aliphatic rings. The second-order valence-electron chi connectivity index (χ2n) is 3.41. The summed E-state index contributed by atoms with van der Waals surface area (Å²) < 4.78 is 0. The van der Waals surface area contributed by atoms with Crippen LogP contribution in [0.15, 0.2) is 5.38 Å². The van der Waals surface area contributed by atoms with Gasteiger partial charge in [0.05, 0.1) is 17.0 Å². The normalized spacial score (nSPS) is 11.8. The number of hydrogen-bond acceptors (Lipinski definition) is 5. The number of nitriles is 1. The number of hydrogen-bond donors (Lipinski definition) is 2. The van der Waals surface area contributed by atoms with Gasteiger partial charge in [-0.2, -0.15) is 5.26 Å². The van der Waals surface area contributed by atoms with E-state index in [-0.39, 0.29) is 11.8 Å². The van der Waals surface area contributed by atoms with Crippen LogP contribution in [0.4, 0.5) is 0 Å².